The van der Waals surface area contributed by atoms with Gasteiger partial charge in [0.2, 0.25) is 15.9 Å². The third kappa shape index (κ3) is 3.76. The van der Waals surface area contributed by atoms with Crippen LogP contribution in [0, 0.1) is 17.8 Å². The van der Waals surface area contributed by atoms with Gasteiger partial charge in [-0.05, 0) is 24.7 Å². The van der Waals surface area contributed by atoms with Gasteiger partial charge in [0, 0.05) is 38.1 Å². The molecule has 0 aromatic rings. The number of carbonyl (C=O) groups excluding carboxylic acids is 1. The van der Waals surface area contributed by atoms with E-state index in [4.69, 9.17) is 5.73 Å². The molecular weight excluding hydrogens is 290 g/mol. The number of nitrogens with zero attached hydrogens (tertiary/aromatic N) is 2. The summed E-state index contributed by atoms with van der Waals surface area (Å²) in [5, 5.41) is 0. The van der Waals surface area contributed by atoms with Crippen LogP contribution < -0.4 is 5.73 Å². The minimum atomic E-state index is -3.15. The van der Waals surface area contributed by atoms with Crippen molar-refractivity contribution in [2.45, 2.75) is 32.7 Å². The van der Waals surface area contributed by atoms with Crippen molar-refractivity contribution in [1.29, 1.82) is 0 Å². The van der Waals surface area contributed by atoms with Crippen LogP contribution in [0.1, 0.15) is 26.7 Å². The molecule has 0 radical (unpaired) electrons. The molecule has 7 heteroatoms. The highest BCUT2D eigenvalue weighted by atomic mass is 32.2. The Morgan fingerprint density at radius 1 is 1.05 bits per heavy atom. The minimum Gasteiger partial charge on any atom is -0.340 e. The van der Waals surface area contributed by atoms with Gasteiger partial charge in [-0.15, -0.1) is 0 Å². The number of rotatable bonds is 2. The zero-order chi connectivity index (χ0) is 15.8. The Hall–Kier alpha value is -0.660. The molecule has 2 rings (SSSR count). The molecule has 1 amide bonds. The maximum atomic E-state index is 12.7. The van der Waals surface area contributed by atoms with E-state index in [1.807, 2.05) is 4.90 Å². The first kappa shape index (κ1) is 16.7. The second kappa shape index (κ2) is 6.22. The maximum Gasteiger partial charge on any atom is 0.226 e. The summed E-state index contributed by atoms with van der Waals surface area (Å²) in [5.74, 6) is 0.949. The van der Waals surface area contributed by atoms with Gasteiger partial charge < -0.3 is 10.6 Å². The summed E-state index contributed by atoms with van der Waals surface area (Å²) in [6, 6.07) is 0.0902. The van der Waals surface area contributed by atoms with E-state index in [0.717, 1.165) is 12.8 Å². The second-order valence-corrected chi connectivity index (χ2v) is 8.67. The van der Waals surface area contributed by atoms with E-state index in [1.54, 1.807) is 0 Å². The first-order valence-corrected chi connectivity index (χ1v) is 9.54. The lowest BCUT2D eigenvalue weighted by atomic mass is 9.72. The lowest BCUT2D eigenvalue weighted by molar-refractivity contribution is -0.140. The predicted octanol–water partition coefficient (Wildman–Crippen LogP) is 0.0997. The molecule has 1 heterocycles. The fourth-order valence-corrected chi connectivity index (χ4v) is 4.33. The summed E-state index contributed by atoms with van der Waals surface area (Å²) in [6.45, 7) is 6.03. The number of nitrogens with two attached hydrogens (primary N) is 1. The molecule has 0 spiro atoms. The first-order valence-electron chi connectivity index (χ1n) is 7.69. The highest BCUT2D eigenvalue weighted by Crippen LogP contribution is 2.34. The van der Waals surface area contributed by atoms with E-state index in [-0.39, 0.29) is 17.9 Å². The summed E-state index contributed by atoms with van der Waals surface area (Å²) in [7, 11) is -3.15. The van der Waals surface area contributed by atoms with Crippen molar-refractivity contribution >= 4 is 15.9 Å². The Kier molecular flexibility index (Phi) is 4.95. The van der Waals surface area contributed by atoms with Crippen LogP contribution in [0.15, 0.2) is 0 Å². The summed E-state index contributed by atoms with van der Waals surface area (Å²) in [4.78, 5) is 14.5. The lowest BCUT2D eigenvalue weighted by Crippen LogP contribution is -2.53. The summed E-state index contributed by atoms with van der Waals surface area (Å²) in [5.41, 5.74) is 6.12. The van der Waals surface area contributed by atoms with Crippen molar-refractivity contribution in [3.8, 4) is 0 Å². The SMILES string of the molecule is CC1CC(C)C(C(=O)N2CCN(S(C)(=O)=O)CC2)CC1N. The number of amides is 1. The molecule has 4 atom stereocenters. The quantitative estimate of drug-likeness (QED) is 0.783. The van der Waals surface area contributed by atoms with E-state index in [2.05, 4.69) is 13.8 Å². The Bertz CT molecular complexity index is 486. The molecule has 21 heavy (non-hydrogen) atoms. The van der Waals surface area contributed by atoms with Crippen LogP contribution in [-0.2, 0) is 14.8 Å². The second-order valence-electron chi connectivity index (χ2n) is 6.68. The molecule has 1 aliphatic heterocycles. The van der Waals surface area contributed by atoms with Gasteiger partial charge in [0.05, 0.1) is 6.26 Å². The number of sulfonamides is 1. The van der Waals surface area contributed by atoms with Crippen molar-refractivity contribution < 1.29 is 13.2 Å². The van der Waals surface area contributed by atoms with Crippen LogP contribution in [0.25, 0.3) is 0 Å². The molecule has 2 fully saturated rings. The van der Waals surface area contributed by atoms with Crippen molar-refractivity contribution in [3.63, 3.8) is 0 Å². The molecule has 0 aromatic carbocycles. The fourth-order valence-electron chi connectivity index (χ4n) is 3.50. The highest BCUT2D eigenvalue weighted by Gasteiger charge is 2.38. The van der Waals surface area contributed by atoms with Crippen LogP contribution >= 0.6 is 0 Å². The van der Waals surface area contributed by atoms with Crippen molar-refractivity contribution in [1.82, 2.24) is 9.21 Å². The largest absolute Gasteiger partial charge is 0.340 e. The average molecular weight is 317 g/mol. The van der Waals surface area contributed by atoms with E-state index in [9.17, 15) is 13.2 Å². The van der Waals surface area contributed by atoms with Gasteiger partial charge in [0.25, 0.3) is 0 Å². The molecule has 1 saturated heterocycles. The normalized spacial score (nSPS) is 35.7. The molecule has 1 aliphatic carbocycles. The number of hydrogen-bond acceptors (Lipinski definition) is 4. The van der Waals surface area contributed by atoms with Gasteiger partial charge in [0.15, 0.2) is 0 Å². The fraction of sp³-hybridized carbons (Fsp3) is 0.929. The van der Waals surface area contributed by atoms with Crippen molar-refractivity contribution in [2.75, 3.05) is 32.4 Å². The van der Waals surface area contributed by atoms with Crippen molar-refractivity contribution in [3.05, 3.63) is 0 Å². The molecule has 6 nitrogen and oxygen atoms in total. The Morgan fingerprint density at radius 2 is 1.62 bits per heavy atom. The van der Waals surface area contributed by atoms with Crippen LogP contribution in [0.3, 0.4) is 0 Å². The molecule has 1 saturated carbocycles. The maximum absolute atomic E-state index is 12.7. The third-order valence-electron chi connectivity index (χ3n) is 5.02. The predicted molar refractivity (Wildman–Crippen MR) is 82.0 cm³/mol. The highest BCUT2D eigenvalue weighted by molar-refractivity contribution is 7.88. The molecule has 4 unspecified atom stereocenters. The Morgan fingerprint density at radius 3 is 2.14 bits per heavy atom. The number of piperazine rings is 1. The van der Waals surface area contributed by atoms with Gasteiger partial charge >= 0.3 is 0 Å². The van der Waals surface area contributed by atoms with Gasteiger partial charge in [-0.25, -0.2) is 8.42 Å². The number of hydrogen-bond donors (Lipinski definition) is 1. The first-order chi connectivity index (χ1) is 9.70. The van der Waals surface area contributed by atoms with Gasteiger partial charge in [-0.3, -0.25) is 4.79 Å². The van der Waals surface area contributed by atoms with Crippen LogP contribution in [0.5, 0.6) is 0 Å². The van der Waals surface area contributed by atoms with Crippen LogP contribution in [-0.4, -0.2) is 62.0 Å². The zero-order valence-electron chi connectivity index (χ0n) is 13.2. The Balaban J connectivity index is 1.96. The van der Waals surface area contributed by atoms with Gasteiger partial charge in [-0.2, -0.15) is 4.31 Å². The third-order valence-corrected chi connectivity index (χ3v) is 6.33. The lowest BCUT2D eigenvalue weighted by Gasteiger charge is -2.40. The van der Waals surface area contributed by atoms with Crippen LogP contribution in [0.4, 0.5) is 0 Å². The van der Waals surface area contributed by atoms with E-state index in [1.165, 1.54) is 10.6 Å². The molecule has 2 aliphatic rings. The Labute approximate surface area is 127 Å². The van der Waals surface area contributed by atoms with E-state index < -0.39 is 10.0 Å². The zero-order valence-corrected chi connectivity index (χ0v) is 14.0. The molecule has 0 aromatic heterocycles. The summed E-state index contributed by atoms with van der Waals surface area (Å²) >= 11 is 0. The molecule has 0 bridgehead atoms. The van der Waals surface area contributed by atoms with Crippen LogP contribution in [0.2, 0.25) is 0 Å². The summed E-state index contributed by atoms with van der Waals surface area (Å²) < 4.78 is 24.4. The average Bonchev–Trinajstić information content (AvgIpc) is 2.41. The smallest absolute Gasteiger partial charge is 0.226 e. The minimum absolute atomic E-state index is 0.0130. The molecule has 122 valence electrons. The number of carbonyl (C=O) groups is 1. The summed E-state index contributed by atoms with van der Waals surface area (Å²) in [6.07, 6.45) is 2.95. The van der Waals surface area contributed by atoms with Gasteiger partial charge in [0.1, 0.15) is 0 Å². The molecular formula is C14H27N3O3S. The molecule has 2 N–H and O–H groups in total. The topological polar surface area (TPSA) is 83.7 Å². The monoisotopic (exact) mass is 317 g/mol. The van der Waals surface area contributed by atoms with E-state index in [0.29, 0.717) is 38.0 Å². The van der Waals surface area contributed by atoms with Gasteiger partial charge in [-0.1, -0.05) is 13.8 Å². The standard InChI is InChI=1S/C14H27N3O3S/c1-10-8-11(2)13(15)9-12(10)14(18)16-4-6-17(7-5-16)21(3,19)20/h10-13H,4-9,15H2,1-3H3. The van der Waals surface area contributed by atoms with Crippen molar-refractivity contribution in [2.24, 2.45) is 23.5 Å². The van der Waals surface area contributed by atoms with E-state index >= 15 is 0 Å².